The molecule has 0 unspecified atom stereocenters. The standard InChI is InChI=1S/C10H8BrClS/c1-6-4-7-2-3-9(11)8(5-12)10(7)13-6/h2-4H,5H2,1H3. The minimum atomic E-state index is 0.567. The fraction of sp³-hybridized carbons (Fsp3) is 0.200. The van der Waals surface area contributed by atoms with Crippen LogP contribution in [0.3, 0.4) is 0 Å². The first-order valence-corrected chi connectivity index (χ1v) is 6.10. The summed E-state index contributed by atoms with van der Waals surface area (Å²) in [6, 6.07) is 6.38. The summed E-state index contributed by atoms with van der Waals surface area (Å²) < 4.78 is 2.42. The van der Waals surface area contributed by atoms with Crippen LogP contribution in [0.2, 0.25) is 0 Å². The zero-order valence-electron chi connectivity index (χ0n) is 7.10. The number of hydrogen-bond donors (Lipinski definition) is 0. The Morgan fingerprint density at radius 3 is 2.92 bits per heavy atom. The van der Waals surface area contributed by atoms with Crippen molar-refractivity contribution < 1.29 is 0 Å². The average Bonchev–Trinajstić information content (AvgIpc) is 2.45. The molecule has 0 nitrogen and oxygen atoms in total. The van der Waals surface area contributed by atoms with Crippen LogP contribution in [0.4, 0.5) is 0 Å². The van der Waals surface area contributed by atoms with E-state index in [1.807, 2.05) is 0 Å². The van der Waals surface area contributed by atoms with E-state index < -0.39 is 0 Å². The molecule has 0 amide bonds. The van der Waals surface area contributed by atoms with E-state index in [-0.39, 0.29) is 0 Å². The highest BCUT2D eigenvalue weighted by Crippen LogP contribution is 2.33. The fourth-order valence-electron chi connectivity index (χ4n) is 1.39. The first kappa shape index (κ1) is 9.50. The van der Waals surface area contributed by atoms with Crippen LogP contribution in [-0.4, -0.2) is 0 Å². The molecule has 1 aromatic heterocycles. The molecule has 0 aliphatic rings. The van der Waals surface area contributed by atoms with Crippen molar-refractivity contribution in [3.05, 3.63) is 33.1 Å². The van der Waals surface area contributed by atoms with Gasteiger partial charge in [0.15, 0.2) is 0 Å². The van der Waals surface area contributed by atoms with E-state index in [2.05, 4.69) is 41.1 Å². The van der Waals surface area contributed by atoms with Gasteiger partial charge in [-0.2, -0.15) is 0 Å². The highest BCUT2D eigenvalue weighted by molar-refractivity contribution is 9.10. The van der Waals surface area contributed by atoms with E-state index in [1.165, 1.54) is 20.5 Å². The maximum atomic E-state index is 5.90. The molecule has 0 spiro atoms. The van der Waals surface area contributed by atoms with Gasteiger partial charge in [-0.3, -0.25) is 0 Å². The van der Waals surface area contributed by atoms with Crippen molar-refractivity contribution in [1.29, 1.82) is 0 Å². The molecule has 0 bridgehead atoms. The van der Waals surface area contributed by atoms with Gasteiger partial charge >= 0.3 is 0 Å². The molecule has 0 radical (unpaired) electrons. The molecular formula is C10H8BrClS. The summed E-state index contributed by atoms with van der Waals surface area (Å²) in [5, 5.41) is 1.29. The van der Waals surface area contributed by atoms with Gasteiger partial charge in [0.25, 0.3) is 0 Å². The van der Waals surface area contributed by atoms with Crippen LogP contribution in [0.25, 0.3) is 10.1 Å². The summed E-state index contributed by atoms with van der Waals surface area (Å²) in [4.78, 5) is 1.33. The Balaban J connectivity index is 2.82. The summed E-state index contributed by atoms with van der Waals surface area (Å²) in [7, 11) is 0. The van der Waals surface area contributed by atoms with E-state index in [0.29, 0.717) is 5.88 Å². The van der Waals surface area contributed by atoms with Gasteiger partial charge in [-0.15, -0.1) is 22.9 Å². The normalized spacial score (nSPS) is 11.0. The van der Waals surface area contributed by atoms with Crippen molar-refractivity contribution in [1.82, 2.24) is 0 Å². The summed E-state index contributed by atoms with van der Waals surface area (Å²) in [5.74, 6) is 0.567. The Hall–Kier alpha value is -0.0500. The predicted molar refractivity (Wildman–Crippen MR) is 63.8 cm³/mol. The van der Waals surface area contributed by atoms with Crippen molar-refractivity contribution in [3.8, 4) is 0 Å². The molecule has 3 heteroatoms. The number of thiophene rings is 1. The largest absolute Gasteiger partial charge is 0.140 e. The van der Waals surface area contributed by atoms with E-state index in [0.717, 1.165) is 4.47 Å². The Morgan fingerprint density at radius 2 is 2.23 bits per heavy atom. The van der Waals surface area contributed by atoms with Crippen LogP contribution < -0.4 is 0 Å². The van der Waals surface area contributed by atoms with Crippen LogP contribution >= 0.6 is 38.9 Å². The molecule has 0 aliphatic carbocycles. The molecule has 1 aromatic carbocycles. The van der Waals surface area contributed by atoms with E-state index >= 15 is 0 Å². The number of fused-ring (bicyclic) bond motifs is 1. The molecule has 2 rings (SSSR count). The lowest BCUT2D eigenvalue weighted by Crippen LogP contribution is -1.79. The summed E-state index contributed by atoms with van der Waals surface area (Å²) in [6.45, 7) is 2.12. The molecule has 0 saturated heterocycles. The molecule has 0 N–H and O–H groups in total. The number of hydrogen-bond acceptors (Lipinski definition) is 1. The van der Waals surface area contributed by atoms with Crippen LogP contribution in [0.5, 0.6) is 0 Å². The van der Waals surface area contributed by atoms with Crippen molar-refractivity contribution in [2.24, 2.45) is 0 Å². The Bertz CT molecular complexity index is 447. The summed E-state index contributed by atoms with van der Waals surface area (Å²) >= 11 is 11.2. The molecule has 0 fully saturated rings. The second kappa shape index (κ2) is 3.60. The first-order valence-electron chi connectivity index (χ1n) is 3.96. The van der Waals surface area contributed by atoms with Crippen molar-refractivity contribution in [2.45, 2.75) is 12.8 Å². The van der Waals surface area contributed by atoms with Gasteiger partial charge in [-0.1, -0.05) is 22.0 Å². The number of alkyl halides is 1. The van der Waals surface area contributed by atoms with Crippen LogP contribution in [-0.2, 0) is 5.88 Å². The lowest BCUT2D eigenvalue weighted by Gasteiger charge is -2.00. The maximum Gasteiger partial charge on any atom is 0.0499 e. The Morgan fingerprint density at radius 1 is 1.46 bits per heavy atom. The molecule has 68 valence electrons. The van der Waals surface area contributed by atoms with E-state index in [4.69, 9.17) is 11.6 Å². The van der Waals surface area contributed by atoms with Crippen LogP contribution in [0, 0.1) is 6.92 Å². The van der Waals surface area contributed by atoms with Gasteiger partial charge in [0.2, 0.25) is 0 Å². The average molecular weight is 276 g/mol. The number of rotatable bonds is 1. The second-order valence-corrected chi connectivity index (χ2v) is 5.31. The molecule has 0 atom stereocenters. The second-order valence-electron chi connectivity index (χ2n) is 2.93. The predicted octanol–water partition coefficient (Wildman–Crippen LogP) is 4.71. The number of halogens is 2. The number of benzene rings is 1. The smallest absolute Gasteiger partial charge is 0.0499 e. The molecule has 0 saturated carbocycles. The van der Waals surface area contributed by atoms with E-state index in [9.17, 15) is 0 Å². The van der Waals surface area contributed by atoms with Gasteiger partial charge in [-0.05, 0) is 30.0 Å². The van der Waals surface area contributed by atoms with Gasteiger partial charge in [0, 0.05) is 19.9 Å². The van der Waals surface area contributed by atoms with Crippen molar-refractivity contribution >= 4 is 49.0 Å². The van der Waals surface area contributed by atoms with Gasteiger partial charge in [-0.25, -0.2) is 0 Å². The monoisotopic (exact) mass is 274 g/mol. The van der Waals surface area contributed by atoms with Gasteiger partial charge < -0.3 is 0 Å². The molecule has 13 heavy (non-hydrogen) atoms. The summed E-state index contributed by atoms with van der Waals surface area (Å²) in [5.41, 5.74) is 1.21. The molecule has 1 heterocycles. The maximum absolute atomic E-state index is 5.90. The van der Waals surface area contributed by atoms with Crippen molar-refractivity contribution in [3.63, 3.8) is 0 Å². The highest BCUT2D eigenvalue weighted by atomic mass is 79.9. The zero-order chi connectivity index (χ0) is 9.42. The quantitative estimate of drug-likeness (QED) is 0.661. The topological polar surface area (TPSA) is 0 Å². The highest BCUT2D eigenvalue weighted by Gasteiger charge is 2.06. The molecule has 2 aromatic rings. The van der Waals surface area contributed by atoms with Gasteiger partial charge in [0.05, 0.1) is 0 Å². The SMILES string of the molecule is Cc1cc2ccc(Br)c(CCl)c2s1. The Kier molecular flexibility index (Phi) is 2.63. The third-order valence-electron chi connectivity index (χ3n) is 1.99. The minimum absolute atomic E-state index is 0.567. The van der Waals surface area contributed by atoms with Gasteiger partial charge in [0.1, 0.15) is 0 Å². The van der Waals surface area contributed by atoms with E-state index in [1.54, 1.807) is 11.3 Å². The van der Waals surface area contributed by atoms with Crippen LogP contribution in [0.1, 0.15) is 10.4 Å². The third-order valence-corrected chi connectivity index (χ3v) is 4.13. The van der Waals surface area contributed by atoms with Crippen molar-refractivity contribution in [2.75, 3.05) is 0 Å². The van der Waals surface area contributed by atoms with Crippen LogP contribution in [0.15, 0.2) is 22.7 Å². The Labute approximate surface area is 94.7 Å². The lowest BCUT2D eigenvalue weighted by molar-refractivity contribution is 1.43. The number of aryl methyl sites for hydroxylation is 1. The third kappa shape index (κ3) is 1.63. The molecular weight excluding hydrogens is 268 g/mol. The minimum Gasteiger partial charge on any atom is -0.140 e. The zero-order valence-corrected chi connectivity index (χ0v) is 10.3. The molecule has 0 aliphatic heterocycles. The fourth-order valence-corrected chi connectivity index (χ4v) is 3.57. The lowest BCUT2D eigenvalue weighted by atomic mass is 10.2. The first-order chi connectivity index (χ1) is 6.22. The summed E-state index contributed by atoms with van der Waals surface area (Å²) in [6.07, 6.45) is 0.